The molecule has 0 saturated carbocycles. The van der Waals surface area contributed by atoms with Crippen LogP contribution in [0, 0.1) is 0 Å². The van der Waals surface area contributed by atoms with Crippen molar-refractivity contribution < 1.29 is 9.84 Å². The molecule has 4 nitrogen and oxygen atoms in total. The molecule has 0 spiro atoms. The maximum atomic E-state index is 10.2. The van der Waals surface area contributed by atoms with Gasteiger partial charge in [-0.05, 0) is 6.42 Å². The van der Waals surface area contributed by atoms with E-state index in [1.165, 1.54) is 11.7 Å². The highest BCUT2D eigenvalue weighted by molar-refractivity contribution is 6.99. The molecule has 0 aliphatic carbocycles. The van der Waals surface area contributed by atoms with Crippen molar-refractivity contribution in [2.45, 2.75) is 37.9 Å². The molecule has 5 heteroatoms. The summed E-state index contributed by atoms with van der Waals surface area (Å²) in [5, 5.41) is 10.2. The molecule has 2 heterocycles. The Bertz CT molecular complexity index is 291. The Balaban J connectivity index is 1.97. The Morgan fingerprint density at radius 3 is 3.21 bits per heavy atom. The maximum absolute atomic E-state index is 10.2. The molecule has 78 valence electrons. The van der Waals surface area contributed by atoms with Crippen molar-refractivity contribution >= 4 is 11.7 Å². The van der Waals surface area contributed by atoms with Gasteiger partial charge < -0.3 is 9.84 Å². The van der Waals surface area contributed by atoms with Crippen molar-refractivity contribution in [1.29, 1.82) is 0 Å². The second-order valence-corrected chi connectivity index (χ2v) is 4.40. The summed E-state index contributed by atoms with van der Waals surface area (Å²) in [4.78, 5) is 0. The zero-order chi connectivity index (χ0) is 10.0. The molecular formula is C9H14N2O2S. The summed E-state index contributed by atoms with van der Waals surface area (Å²) in [5.41, 5.74) is 0.133. The molecule has 0 bridgehead atoms. The van der Waals surface area contributed by atoms with E-state index in [4.69, 9.17) is 4.74 Å². The van der Waals surface area contributed by atoms with Crippen LogP contribution in [-0.4, -0.2) is 32.2 Å². The summed E-state index contributed by atoms with van der Waals surface area (Å²) in [5.74, 6) is 0. The number of aromatic nitrogens is 2. The molecule has 2 atom stereocenters. The molecule has 0 amide bonds. The second kappa shape index (κ2) is 3.92. The molecule has 2 rings (SSSR count). The van der Waals surface area contributed by atoms with E-state index in [-0.39, 0.29) is 6.10 Å². The fourth-order valence-electron chi connectivity index (χ4n) is 1.80. The average Bonchev–Trinajstić information content (AvgIpc) is 2.76. The highest BCUT2D eigenvalue weighted by atomic mass is 32.1. The first-order chi connectivity index (χ1) is 6.72. The summed E-state index contributed by atoms with van der Waals surface area (Å²) in [6.07, 6.45) is 4.13. The van der Waals surface area contributed by atoms with Crippen molar-refractivity contribution in [3.63, 3.8) is 0 Å². The second-order valence-electron chi connectivity index (χ2n) is 3.85. The van der Waals surface area contributed by atoms with E-state index < -0.39 is 5.60 Å². The molecule has 1 fully saturated rings. The first kappa shape index (κ1) is 10.0. The molecule has 1 aromatic heterocycles. The van der Waals surface area contributed by atoms with Crippen molar-refractivity contribution in [3.8, 4) is 0 Å². The van der Waals surface area contributed by atoms with Crippen LogP contribution in [0.15, 0.2) is 6.20 Å². The Hall–Kier alpha value is -0.520. The largest absolute Gasteiger partial charge is 0.387 e. The van der Waals surface area contributed by atoms with Crippen molar-refractivity contribution in [1.82, 2.24) is 8.75 Å². The monoisotopic (exact) mass is 214 g/mol. The van der Waals surface area contributed by atoms with Gasteiger partial charge in [-0.3, -0.25) is 0 Å². The van der Waals surface area contributed by atoms with Crippen LogP contribution in [0.2, 0.25) is 0 Å². The summed E-state index contributed by atoms with van der Waals surface area (Å²) in [6.45, 7) is 2.49. The third-order valence-corrected chi connectivity index (χ3v) is 3.08. The Kier molecular flexibility index (Phi) is 2.80. The van der Waals surface area contributed by atoms with Crippen molar-refractivity contribution in [3.05, 3.63) is 11.9 Å². The van der Waals surface area contributed by atoms with E-state index in [2.05, 4.69) is 15.7 Å². The predicted molar refractivity (Wildman–Crippen MR) is 53.2 cm³/mol. The molecule has 2 unspecified atom stereocenters. The normalized spacial score (nSPS) is 32.3. The lowest BCUT2D eigenvalue weighted by atomic mass is 9.94. The van der Waals surface area contributed by atoms with Gasteiger partial charge in [0.2, 0.25) is 0 Å². The maximum Gasteiger partial charge on any atom is 0.0961 e. The molecule has 1 aliphatic rings. The highest BCUT2D eigenvalue weighted by Crippen LogP contribution is 2.28. The number of hydrogen-bond acceptors (Lipinski definition) is 5. The van der Waals surface area contributed by atoms with Gasteiger partial charge in [-0.25, -0.2) is 0 Å². The minimum absolute atomic E-state index is 0.201. The summed E-state index contributed by atoms with van der Waals surface area (Å²) in [6, 6.07) is 0. The van der Waals surface area contributed by atoms with Crippen LogP contribution in [0.3, 0.4) is 0 Å². The minimum Gasteiger partial charge on any atom is -0.387 e. The van der Waals surface area contributed by atoms with Crippen LogP contribution in [0.25, 0.3) is 0 Å². The van der Waals surface area contributed by atoms with Crippen molar-refractivity contribution in [2.75, 3.05) is 6.61 Å². The van der Waals surface area contributed by atoms with Gasteiger partial charge in [0.25, 0.3) is 0 Å². The number of ether oxygens (including phenoxy) is 1. The van der Waals surface area contributed by atoms with Crippen LogP contribution in [0.1, 0.15) is 25.5 Å². The highest BCUT2D eigenvalue weighted by Gasteiger charge is 2.38. The summed E-state index contributed by atoms with van der Waals surface area (Å²) in [7, 11) is 0. The van der Waals surface area contributed by atoms with Crippen LogP contribution in [0.5, 0.6) is 0 Å². The quantitative estimate of drug-likeness (QED) is 0.816. The third kappa shape index (κ3) is 2.10. The summed E-state index contributed by atoms with van der Waals surface area (Å²) >= 11 is 1.18. The van der Waals surface area contributed by atoms with Crippen LogP contribution in [-0.2, 0) is 11.2 Å². The molecular weight excluding hydrogens is 200 g/mol. The Morgan fingerprint density at radius 1 is 1.79 bits per heavy atom. The SMILES string of the molecule is CCC1CC(O)(Cc2cnsn2)CO1. The van der Waals surface area contributed by atoms with Gasteiger partial charge in [0.15, 0.2) is 0 Å². The molecule has 1 aromatic rings. The first-order valence-electron chi connectivity index (χ1n) is 4.82. The summed E-state index contributed by atoms with van der Waals surface area (Å²) < 4.78 is 13.5. The zero-order valence-corrected chi connectivity index (χ0v) is 8.96. The van der Waals surface area contributed by atoms with Crippen molar-refractivity contribution in [2.24, 2.45) is 0 Å². The number of hydrogen-bond donors (Lipinski definition) is 1. The molecule has 1 N–H and O–H groups in total. The molecule has 1 saturated heterocycles. The molecule has 0 aromatic carbocycles. The standard InChI is InChI=1S/C9H14N2O2S/c1-2-8-4-9(12,6-13-8)3-7-5-10-14-11-7/h5,8,12H,2-4,6H2,1H3. The molecule has 1 aliphatic heterocycles. The molecule has 0 radical (unpaired) electrons. The fourth-order valence-corrected chi connectivity index (χ4v) is 2.23. The van der Waals surface area contributed by atoms with Gasteiger partial charge >= 0.3 is 0 Å². The number of rotatable bonds is 3. The van der Waals surface area contributed by atoms with E-state index in [0.29, 0.717) is 19.4 Å². The first-order valence-corrected chi connectivity index (χ1v) is 5.55. The zero-order valence-electron chi connectivity index (χ0n) is 8.14. The van der Waals surface area contributed by atoms with Crippen LogP contribution >= 0.6 is 11.7 Å². The van der Waals surface area contributed by atoms with Gasteiger partial charge in [0, 0.05) is 12.8 Å². The molecule has 14 heavy (non-hydrogen) atoms. The van der Waals surface area contributed by atoms with E-state index in [1.54, 1.807) is 6.20 Å². The third-order valence-electron chi connectivity index (χ3n) is 2.57. The minimum atomic E-state index is -0.726. The Labute approximate surface area is 87.2 Å². The lowest BCUT2D eigenvalue weighted by molar-refractivity contribution is 0.0210. The smallest absolute Gasteiger partial charge is 0.0961 e. The van der Waals surface area contributed by atoms with Gasteiger partial charge in [0.1, 0.15) is 0 Å². The fraction of sp³-hybridized carbons (Fsp3) is 0.778. The Morgan fingerprint density at radius 2 is 2.64 bits per heavy atom. The lowest BCUT2D eigenvalue weighted by Gasteiger charge is -2.18. The topological polar surface area (TPSA) is 55.2 Å². The van der Waals surface area contributed by atoms with E-state index >= 15 is 0 Å². The lowest BCUT2D eigenvalue weighted by Crippen LogP contribution is -2.32. The van der Waals surface area contributed by atoms with Crippen LogP contribution in [0.4, 0.5) is 0 Å². The van der Waals surface area contributed by atoms with Gasteiger partial charge in [-0.15, -0.1) is 0 Å². The van der Waals surface area contributed by atoms with E-state index in [1.807, 2.05) is 0 Å². The predicted octanol–water partition coefficient (Wildman–Crippen LogP) is 1.01. The van der Waals surface area contributed by atoms with E-state index in [9.17, 15) is 5.11 Å². The van der Waals surface area contributed by atoms with Crippen LogP contribution < -0.4 is 0 Å². The number of aliphatic hydroxyl groups is 1. The number of nitrogens with zero attached hydrogens (tertiary/aromatic N) is 2. The van der Waals surface area contributed by atoms with Gasteiger partial charge in [-0.1, -0.05) is 6.92 Å². The van der Waals surface area contributed by atoms with Gasteiger partial charge in [0.05, 0.1) is 41.9 Å². The van der Waals surface area contributed by atoms with E-state index in [0.717, 1.165) is 12.1 Å². The van der Waals surface area contributed by atoms with Gasteiger partial charge in [-0.2, -0.15) is 8.75 Å². The average molecular weight is 214 g/mol.